The van der Waals surface area contributed by atoms with E-state index in [2.05, 4.69) is 10.1 Å². The van der Waals surface area contributed by atoms with Crippen LogP contribution in [0.1, 0.15) is 25.6 Å². The van der Waals surface area contributed by atoms with Crippen LogP contribution >= 0.6 is 0 Å². The Morgan fingerprint density at radius 2 is 2.22 bits per heavy atom. The number of piperidine rings is 1. The van der Waals surface area contributed by atoms with Crippen molar-refractivity contribution in [2.75, 3.05) is 19.7 Å². The number of rotatable bonds is 5. The van der Waals surface area contributed by atoms with Gasteiger partial charge in [0.1, 0.15) is 0 Å². The number of carbonyl (C=O) groups excluding carboxylic acids is 1. The van der Waals surface area contributed by atoms with Gasteiger partial charge < -0.3 is 14.2 Å². The van der Waals surface area contributed by atoms with Crippen LogP contribution in [0.2, 0.25) is 0 Å². The minimum atomic E-state index is 0.105. The van der Waals surface area contributed by atoms with Gasteiger partial charge in [0.15, 0.2) is 5.82 Å². The third-order valence-electron chi connectivity index (χ3n) is 3.99. The molecule has 1 unspecified atom stereocenters. The molecule has 3 rings (SSSR count). The lowest BCUT2D eigenvalue weighted by Crippen LogP contribution is -2.42. The van der Waals surface area contributed by atoms with Gasteiger partial charge in [0.2, 0.25) is 5.91 Å². The van der Waals surface area contributed by atoms with E-state index in [0.717, 1.165) is 24.9 Å². The van der Waals surface area contributed by atoms with Crippen LogP contribution in [0.4, 0.5) is 0 Å². The van der Waals surface area contributed by atoms with Crippen molar-refractivity contribution in [3.05, 3.63) is 36.2 Å². The molecule has 0 aliphatic carbocycles. The van der Waals surface area contributed by atoms with Crippen molar-refractivity contribution in [1.29, 1.82) is 0 Å². The molecule has 1 aromatic carbocycles. The zero-order chi connectivity index (χ0) is 16.1. The van der Waals surface area contributed by atoms with Crippen LogP contribution in [-0.4, -0.2) is 46.7 Å². The van der Waals surface area contributed by atoms with E-state index >= 15 is 0 Å². The highest BCUT2D eigenvalue weighted by atomic mass is 16.5. The standard InChI is InChI=1S/C17H21N3O3/c1-13(21)20-10-5-8-15(12-20)22-11-9-16-18-17(23-19-16)14-6-3-2-4-7-14/h2-4,6-7,15H,5,8-12H2,1H3. The van der Waals surface area contributed by atoms with Crippen LogP contribution in [0.5, 0.6) is 0 Å². The Hall–Kier alpha value is -2.21. The van der Waals surface area contributed by atoms with Crippen LogP contribution in [0.25, 0.3) is 11.5 Å². The van der Waals surface area contributed by atoms with Gasteiger partial charge in [0.05, 0.1) is 12.7 Å². The predicted octanol–water partition coefficient (Wildman–Crippen LogP) is 2.31. The average molecular weight is 315 g/mol. The van der Waals surface area contributed by atoms with Crippen LogP contribution in [0.15, 0.2) is 34.9 Å². The topological polar surface area (TPSA) is 68.5 Å². The van der Waals surface area contributed by atoms with Gasteiger partial charge in [0, 0.05) is 32.0 Å². The third-order valence-corrected chi connectivity index (χ3v) is 3.99. The van der Waals surface area contributed by atoms with Gasteiger partial charge in [-0.2, -0.15) is 4.98 Å². The van der Waals surface area contributed by atoms with Crippen molar-refractivity contribution in [3.8, 4) is 11.5 Å². The van der Waals surface area contributed by atoms with Crippen LogP contribution in [0.3, 0.4) is 0 Å². The summed E-state index contributed by atoms with van der Waals surface area (Å²) >= 11 is 0. The predicted molar refractivity (Wildman–Crippen MR) is 84.7 cm³/mol. The monoisotopic (exact) mass is 315 g/mol. The van der Waals surface area contributed by atoms with E-state index in [4.69, 9.17) is 9.26 Å². The van der Waals surface area contributed by atoms with E-state index in [1.54, 1.807) is 6.92 Å². The van der Waals surface area contributed by atoms with Gasteiger partial charge in [-0.1, -0.05) is 23.4 Å². The lowest BCUT2D eigenvalue weighted by Gasteiger charge is -2.31. The summed E-state index contributed by atoms with van der Waals surface area (Å²) in [5.74, 6) is 1.29. The van der Waals surface area contributed by atoms with Crippen LogP contribution in [-0.2, 0) is 16.0 Å². The van der Waals surface area contributed by atoms with Gasteiger partial charge in [-0.15, -0.1) is 0 Å². The van der Waals surface area contributed by atoms with E-state index < -0.39 is 0 Å². The molecule has 6 heteroatoms. The van der Waals surface area contributed by atoms with Crippen molar-refractivity contribution in [3.63, 3.8) is 0 Å². The summed E-state index contributed by atoms with van der Waals surface area (Å²) in [6.07, 6.45) is 2.69. The number of aromatic nitrogens is 2. The largest absolute Gasteiger partial charge is 0.376 e. The van der Waals surface area contributed by atoms with Crippen molar-refractivity contribution >= 4 is 5.91 Å². The molecule has 1 aromatic heterocycles. The molecule has 1 saturated heterocycles. The molecule has 1 aliphatic rings. The molecule has 0 bridgehead atoms. The van der Waals surface area contributed by atoms with Crippen molar-refractivity contribution in [2.45, 2.75) is 32.3 Å². The number of carbonyl (C=O) groups is 1. The average Bonchev–Trinajstić information content (AvgIpc) is 3.05. The van der Waals surface area contributed by atoms with Crippen LogP contribution < -0.4 is 0 Å². The first kappa shape index (κ1) is 15.7. The van der Waals surface area contributed by atoms with Gasteiger partial charge >= 0.3 is 0 Å². The quantitative estimate of drug-likeness (QED) is 0.847. The molecule has 122 valence electrons. The van der Waals surface area contributed by atoms with Gasteiger partial charge in [0.25, 0.3) is 5.89 Å². The second-order valence-corrected chi connectivity index (χ2v) is 5.73. The third kappa shape index (κ3) is 4.16. The second kappa shape index (κ2) is 7.37. The molecule has 2 heterocycles. The highest BCUT2D eigenvalue weighted by Crippen LogP contribution is 2.17. The van der Waals surface area contributed by atoms with Gasteiger partial charge in [-0.25, -0.2) is 0 Å². The number of benzene rings is 1. The number of nitrogens with zero attached hydrogens (tertiary/aromatic N) is 3. The fourth-order valence-corrected chi connectivity index (χ4v) is 2.73. The van der Waals surface area contributed by atoms with Gasteiger partial charge in [-0.05, 0) is 25.0 Å². The fourth-order valence-electron chi connectivity index (χ4n) is 2.73. The first-order valence-corrected chi connectivity index (χ1v) is 7.97. The summed E-state index contributed by atoms with van der Waals surface area (Å²) < 4.78 is 11.1. The summed E-state index contributed by atoms with van der Waals surface area (Å²) in [6, 6.07) is 9.69. The first-order chi connectivity index (χ1) is 11.2. The number of ether oxygens (including phenoxy) is 1. The molecule has 1 aliphatic heterocycles. The molecule has 0 N–H and O–H groups in total. The zero-order valence-corrected chi connectivity index (χ0v) is 13.3. The maximum Gasteiger partial charge on any atom is 0.257 e. The summed E-state index contributed by atoms with van der Waals surface area (Å²) in [4.78, 5) is 17.6. The zero-order valence-electron chi connectivity index (χ0n) is 13.3. The van der Waals surface area contributed by atoms with E-state index in [1.165, 1.54) is 0 Å². The lowest BCUT2D eigenvalue weighted by atomic mass is 10.1. The molecular weight excluding hydrogens is 294 g/mol. The normalized spacial score (nSPS) is 18.1. The highest BCUT2D eigenvalue weighted by molar-refractivity contribution is 5.73. The Morgan fingerprint density at radius 1 is 1.39 bits per heavy atom. The number of likely N-dealkylation sites (tertiary alicyclic amines) is 1. The van der Waals surface area contributed by atoms with E-state index in [0.29, 0.717) is 31.3 Å². The van der Waals surface area contributed by atoms with Crippen LogP contribution in [0, 0.1) is 0 Å². The summed E-state index contributed by atoms with van der Waals surface area (Å²) in [6.45, 7) is 3.65. The maximum atomic E-state index is 11.4. The molecule has 6 nitrogen and oxygen atoms in total. The number of hydrogen-bond donors (Lipinski definition) is 0. The molecule has 0 radical (unpaired) electrons. The number of hydrogen-bond acceptors (Lipinski definition) is 5. The van der Waals surface area contributed by atoms with Crippen molar-refractivity contribution < 1.29 is 14.1 Å². The maximum absolute atomic E-state index is 11.4. The molecule has 1 atom stereocenters. The first-order valence-electron chi connectivity index (χ1n) is 7.97. The Bertz CT molecular complexity index is 642. The van der Waals surface area contributed by atoms with Gasteiger partial charge in [-0.3, -0.25) is 4.79 Å². The Labute approximate surface area is 135 Å². The second-order valence-electron chi connectivity index (χ2n) is 5.73. The molecule has 1 fully saturated rings. The number of amides is 1. The molecule has 1 amide bonds. The summed E-state index contributed by atoms with van der Waals surface area (Å²) in [5.41, 5.74) is 0.913. The summed E-state index contributed by atoms with van der Waals surface area (Å²) in [7, 11) is 0. The smallest absolute Gasteiger partial charge is 0.257 e. The lowest BCUT2D eigenvalue weighted by molar-refractivity contribution is -0.132. The Kier molecular flexibility index (Phi) is 5.02. The minimum absolute atomic E-state index is 0.105. The summed E-state index contributed by atoms with van der Waals surface area (Å²) in [5, 5.41) is 3.99. The Morgan fingerprint density at radius 3 is 3.00 bits per heavy atom. The molecule has 2 aromatic rings. The van der Waals surface area contributed by atoms with E-state index in [9.17, 15) is 4.79 Å². The molecule has 0 saturated carbocycles. The Balaban J connectivity index is 1.48. The molecule has 23 heavy (non-hydrogen) atoms. The SMILES string of the molecule is CC(=O)N1CCCC(OCCc2noc(-c3ccccc3)n2)C1. The minimum Gasteiger partial charge on any atom is -0.376 e. The fraction of sp³-hybridized carbons (Fsp3) is 0.471. The van der Waals surface area contributed by atoms with E-state index in [1.807, 2.05) is 35.2 Å². The highest BCUT2D eigenvalue weighted by Gasteiger charge is 2.22. The molecule has 0 spiro atoms. The van der Waals surface area contributed by atoms with E-state index in [-0.39, 0.29) is 12.0 Å². The molecular formula is C17H21N3O3. The van der Waals surface area contributed by atoms with Crippen molar-refractivity contribution in [1.82, 2.24) is 15.0 Å². The van der Waals surface area contributed by atoms with Crippen molar-refractivity contribution in [2.24, 2.45) is 0 Å².